The molecule has 1 aliphatic rings. The van der Waals surface area contributed by atoms with Crippen molar-refractivity contribution in [1.29, 1.82) is 0 Å². The lowest BCUT2D eigenvalue weighted by Gasteiger charge is -2.17. The molecule has 27 heavy (non-hydrogen) atoms. The van der Waals surface area contributed by atoms with Gasteiger partial charge >= 0.3 is 5.97 Å². The van der Waals surface area contributed by atoms with Crippen LogP contribution in [-0.4, -0.2) is 38.2 Å². The van der Waals surface area contributed by atoms with E-state index in [1.165, 1.54) is 18.5 Å². The van der Waals surface area contributed by atoms with Crippen molar-refractivity contribution in [1.82, 2.24) is 0 Å². The summed E-state index contributed by atoms with van der Waals surface area (Å²) in [6, 6.07) is 14.4. The molecule has 1 N–H and O–H groups in total. The van der Waals surface area contributed by atoms with Crippen LogP contribution in [0.2, 0.25) is 0 Å². The van der Waals surface area contributed by atoms with Gasteiger partial charge in [-0.05, 0) is 62.2 Å². The zero-order valence-electron chi connectivity index (χ0n) is 15.4. The topological polar surface area (TPSA) is 67.9 Å². The zero-order chi connectivity index (χ0) is 19.1. The highest BCUT2D eigenvalue weighted by atomic mass is 16.5. The molecule has 6 heteroatoms. The lowest BCUT2D eigenvalue weighted by atomic mass is 10.2. The first kappa shape index (κ1) is 18.8. The van der Waals surface area contributed by atoms with E-state index < -0.39 is 5.97 Å². The number of hydrogen-bond acceptors (Lipinski definition) is 5. The third-order valence-electron chi connectivity index (χ3n) is 4.34. The van der Waals surface area contributed by atoms with Crippen molar-refractivity contribution in [3.8, 4) is 5.75 Å². The molecule has 2 aromatic rings. The van der Waals surface area contributed by atoms with Crippen molar-refractivity contribution in [2.45, 2.75) is 19.8 Å². The van der Waals surface area contributed by atoms with Crippen molar-refractivity contribution in [2.24, 2.45) is 0 Å². The Morgan fingerprint density at radius 3 is 2.52 bits per heavy atom. The normalized spacial score (nSPS) is 13.3. The molecule has 0 aliphatic carbocycles. The second-order valence-corrected chi connectivity index (χ2v) is 6.33. The van der Waals surface area contributed by atoms with Gasteiger partial charge in [-0.2, -0.15) is 0 Å². The Bertz CT molecular complexity index is 783. The number of benzene rings is 2. The van der Waals surface area contributed by atoms with Crippen LogP contribution in [-0.2, 0) is 9.53 Å². The minimum Gasteiger partial charge on any atom is -0.484 e. The molecule has 0 spiro atoms. The average molecular weight is 368 g/mol. The molecule has 1 amide bonds. The first-order valence-electron chi connectivity index (χ1n) is 9.20. The molecule has 2 aromatic carbocycles. The van der Waals surface area contributed by atoms with Gasteiger partial charge in [0.25, 0.3) is 5.91 Å². The second-order valence-electron chi connectivity index (χ2n) is 6.33. The smallest absolute Gasteiger partial charge is 0.338 e. The molecular formula is C21H24N2O4. The molecule has 3 rings (SSSR count). The van der Waals surface area contributed by atoms with E-state index in [-0.39, 0.29) is 12.5 Å². The maximum absolute atomic E-state index is 12.1. The van der Waals surface area contributed by atoms with Gasteiger partial charge in [0.05, 0.1) is 12.2 Å². The Morgan fingerprint density at radius 1 is 1.07 bits per heavy atom. The Balaban J connectivity index is 1.51. The van der Waals surface area contributed by atoms with Gasteiger partial charge in [-0.25, -0.2) is 4.79 Å². The predicted octanol–water partition coefficient (Wildman–Crippen LogP) is 3.48. The largest absolute Gasteiger partial charge is 0.484 e. The molecule has 1 saturated heterocycles. The number of amides is 1. The first-order valence-corrected chi connectivity index (χ1v) is 9.20. The summed E-state index contributed by atoms with van der Waals surface area (Å²) < 4.78 is 10.4. The molecular weight excluding hydrogens is 344 g/mol. The van der Waals surface area contributed by atoms with E-state index in [4.69, 9.17) is 9.47 Å². The van der Waals surface area contributed by atoms with Crippen molar-refractivity contribution >= 4 is 23.3 Å². The van der Waals surface area contributed by atoms with E-state index in [1.54, 1.807) is 31.2 Å². The van der Waals surface area contributed by atoms with E-state index in [9.17, 15) is 9.59 Å². The number of nitrogens with one attached hydrogen (secondary N) is 1. The number of esters is 1. The van der Waals surface area contributed by atoms with Crippen LogP contribution in [0.4, 0.5) is 11.4 Å². The molecule has 0 aromatic heterocycles. The van der Waals surface area contributed by atoms with Crippen LogP contribution in [0, 0.1) is 0 Å². The summed E-state index contributed by atoms with van der Waals surface area (Å²) >= 11 is 0. The summed E-state index contributed by atoms with van der Waals surface area (Å²) in [5, 5.41) is 2.81. The number of carbonyl (C=O) groups is 2. The lowest BCUT2D eigenvalue weighted by molar-refractivity contribution is -0.118. The molecule has 0 bridgehead atoms. The van der Waals surface area contributed by atoms with Gasteiger partial charge in [0.15, 0.2) is 6.61 Å². The fraction of sp³-hybridized carbons (Fsp3) is 0.333. The summed E-state index contributed by atoms with van der Waals surface area (Å²) in [4.78, 5) is 26.2. The number of anilines is 2. The third kappa shape index (κ3) is 5.23. The molecule has 1 aliphatic heterocycles. The quantitative estimate of drug-likeness (QED) is 0.758. The van der Waals surface area contributed by atoms with Crippen LogP contribution in [0.5, 0.6) is 5.75 Å². The van der Waals surface area contributed by atoms with E-state index in [2.05, 4.69) is 10.2 Å². The van der Waals surface area contributed by atoms with E-state index in [0.29, 0.717) is 17.9 Å². The Morgan fingerprint density at radius 2 is 1.81 bits per heavy atom. The van der Waals surface area contributed by atoms with Gasteiger partial charge in [-0.1, -0.05) is 6.07 Å². The maximum atomic E-state index is 12.1. The number of ether oxygens (including phenoxy) is 2. The van der Waals surface area contributed by atoms with Gasteiger partial charge in [0, 0.05) is 24.5 Å². The van der Waals surface area contributed by atoms with Gasteiger partial charge < -0.3 is 19.7 Å². The van der Waals surface area contributed by atoms with Gasteiger partial charge in [-0.15, -0.1) is 0 Å². The maximum Gasteiger partial charge on any atom is 0.338 e. The zero-order valence-corrected chi connectivity index (χ0v) is 15.4. The highest BCUT2D eigenvalue weighted by Crippen LogP contribution is 2.22. The SMILES string of the molecule is CCOC(=O)c1cccc(OCC(=O)Nc2ccc(N3CCCC3)cc2)c1. The number of hydrogen-bond donors (Lipinski definition) is 1. The second kappa shape index (κ2) is 9.07. The Hall–Kier alpha value is -3.02. The minimum absolute atomic E-state index is 0.139. The van der Waals surface area contributed by atoms with E-state index >= 15 is 0 Å². The van der Waals surface area contributed by atoms with Crippen LogP contribution in [0.15, 0.2) is 48.5 Å². The molecule has 0 atom stereocenters. The summed E-state index contributed by atoms with van der Waals surface area (Å²) in [7, 11) is 0. The summed E-state index contributed by atoms with van der Waals surface area (Å²) in [5.74, 6) is -0.226. The van der Waals surface area contributed by atoms with Crippen LogP contribution >= 0.6 is 0 Å². The first-order chi connectivity index (χ1) is 13.2. The van der Waals surface area contributed by atoms with Gasteiger partial charge in [-0.3, -0.25) is 4.79 Å². The number of nitrogens with zero attached hydrogens (tertiary/aromatic N) is 1. The van der Waals surface area contributed by atoms with Crippen LogP contribution < -0.4 is 15.0 Å². The van der Waals surface area contributed by atoms with Crippen molar-refractivity contribution in [3.63, 3.8) is 0 Å². The number of carbonyl (C=O) groups excluding carboxylic acids is 2. The van der Waals surface area contributed by atoms with Crippen LogP contribution in [0.25, 0.3) is 0 Å². The molecule has 1 heterocycles. The molecule has 142 valence electrons. The molecule has 0 unspecified atom stereocenters. The third-order valence-corrected chi connectivity index (χ3v) is 4.34. The Labute approximate surface area is 159 Å². The minimum atomic E-state index is -0.412. The average Bonchev–Trinajstić information content (AvgIpc) is 3.22. The monoisotopic (exact) mass is 368 g/mol. The Kier molecular flexibility index (Phi) is 6.30. The predicted molar refractivity (Wildman–Crippen MR) is 104 cm³/mol. The standard InChI is InChI=1S/C21H24N2O4/c1-2-26-21(25)16-6-5-7-19(14-16)27-15-20(24)22-17-8-10-18(11-9-17)23-12-3-4-13-23/h5-11,14H,2-4,12-13,15H2,1H3,(H,22,24). The number of rotatable bonds is 7. The van der Waals surface area contributed by atoms with Crippen molar-refractivity contribution < 1.29 is 19.1 Å². The highest BCUT2D eigenvalue weighted by molar-refractivity contribution is 5.92. The van der Waals surface area contributed by atoms with Crippen LogP contribution in [0.1, 0.15) is 30.1 Å². The summed E-state index contributed by atoms with van der Waals surface area (Å²) in [6.45, 7) is 4.10. The molecule has 0 saturated carbocycles. The molecule has 1 fully saturated rings. The lowest BCUT2D eigenvalue weighted by Crippen LogP contribution is -2.20. The van der Waals surface area contributed by atoms with Crippen molar-refractivity contribution in [2.75, 3.05) is 36.5 Å². The molecule has 6 nitrogen and oxygen atoms in total. The summed E-state index contributed by atoms with van der Waals surface area (Å²) in [6.07, 6.45) is 2.46. The van der Waals surface area contributed by atoms with Gasteiger partial charge in [0.2, 0.25) is 0 Å². The van der Waals surface area contributed by atoms with Crippen LogP contribution in [0.3, 0.4) is 0 Å². The fourth-order valence-corrected chi connectivity index (χ4v) is 3.00. The van der Waals surface area contributed by atoms with E-state index in [1.807, 2.05) is 24.3 Å². The summed E-state index contributed by atoms with van der Waals surface area (Å²) in [5.41, 5.74) is 2.30. The van der Waals surface area contributed by atoms with Crippen molar-refractivity contribution in [3.05, 3.63) is 54.1 Å². The van der Waals surface area contributed by atoms with E-state index in [0.717, 1.165) is 18.8 Å². The van der Waals surface area contributed by atoms with Gasteiger partial charge in [0.1, 0.15) is 5.75 Å². The highest BCUT2D eigenvalue weighted by Gasteiger charge is 2.12. The fourth-order valence-electron chi connectivity index (χ4n) is 3.00. The molecule has 0 radical (unpaired) electrons.